The topological polar surface area (TPSA) is 84.0 Å². The highest BCUT2D eigenvalue weighted by molar-refractivity contribution is 5.79. The van der Waals surface area contributed by atoms with E-state index in [-0.39, 0.29) is 0 Å². The first-order chi connectivity index (χ1) is 12.5. The van der Waals surface area contributed by atoms with Crippen LogP contribution in [0.25, 0.3) is 0 Å². The van der Waals surface area contributed by atoms with Gasteiger partial charge >= 0.3 is 6.09 Å². The summed E-state index contributed by atoms with van der Waals surface area (Å²) in [4.78, 5) is 16.2. The van der Waals surface area contributed by atoms with Crippen LogP contribution in [-0.4, -0.2) is 43.4 Å². The van der Waals surface area contributed by atoms with Crippen LogP contribution in [0.4, 0.5) is 4.79 Å². The molecule has 7 heteroatoms. The van der Waals surface area contributed by atoms with Crippen molar-refractivity contribution in [3.63, 3.8) is 0 Å². The number of alkyl carbamates (subject to hydrolysis) is 1. The lowest BCUT2D eigenvalue weighted by molar-refractivity contribution is 0.0474. The van der Waals surface area contributed by atoms with Gasteiger partial charge in [-0.15, -0.1) is 0 Å². The highest BCUT2D eigenvalue weighted by Crippen LogP contribution is 2.13. The van der Waals surface area contributed by atoms with Gasteiger partial charge in [0.1, 0.15) is 11.4 Å². The number of carbonyl (C=O) groups is 1. The molecule has 152 valence electrons. The molecular formula is C20H34N4O3. The average Bonchev–Trinajstić information content (AvgIpc) is 2.53. The number of aliphatic imine (C=N–C) groups is 1. The maximum Gasteiger partial charge on any atom is 0.408 e. The molecule has 0 bridgehead atoms. The number of benzene rings is 1. The van der Waals surface area contributed by atoms with Crippen LogP contribution in [0.3, 0.4) is 0 Å². The second-order valence-electron chi connectivity index (χ2n) is 7.87. The predicted octanol–water partition coefficient (Wildman–Crippen LogP) is 3.05. The van der Waals surface area contributed by atoms with Crippen LogP contribution in [0.2, 0.25) is 0 Å². The molecule has 0 spiro atoms. The smallest absolute Gasteiger partial charge is 0.408 e. The molecule has 0 unspecified atom stereocenters. The monoisotopic (exact) mass is 378 g/mol. The van der Waals surface area contributed by atoms with Crippen molar-refractivity contribution in [2.75, 3.05) is 20.2 Å². The molecule has 0 aliphatic heterocycles. The fraction of sp³-hybridized carbons (Fsp3) is 0.600. The van der Waals surface area contributed by atoms with E-state index in [2.05, 4.69) is 20.9 Å². The van der Waals surface area contributed by atoms with Crippen LogP contribution < -0.4 is 20.7 Å². The lowest BCUT2D eigenvalue weighted by atomic mass is 10.1. The van der Waals surface area contributed by atoms with Crippen molar-refractivity contribution < 1.29 is 14.3 Å². The van der Waals surface area contributed by atoms with Gasteiger partial charge < -0.3 is 25.4 Å². The van der Waals surface area contributed by atoms with E-state index in [1.807, 2.05) is 65.8 Å². The highest BCUT2D eigenvalue weighted by atomic mass is 16.6. The molecule has 27 heavy (non-hydrogen) atoms. The Hall–Kier alpha value is -2.44. The Bertz CT molecular complexity index is 636. The zero-order valence-electron chi connectivity index (χ0n) is 17.6. The van der Waals surface area contributed by atoms with E-state index >= 15 is 0 Å². The second-order valence-corrected chi connectivity index (χ2v) is 7.87. The molecule has 0 saturated carbocycles. The van der Waals surface area contributed by atoms with Crippen molar-refractivity contribution >= 4 is 12.1 Å². The van der Waals surface area contributed by atoms with Crippen molar-refractivity contribution in [2.24, 2.45) is 4.99 Å². The van der Waals surface area contributed by atoms with Crippen LogP contribution in [0.15, 0.2) is 29.3 Å². The van der Waals surface area contributed by atoms with E-state index in [4.69, 9.17) is 9.47 Å². The summed E-state index contributed by atoms with van der Waals surface area (Å²) >= 11 is 0. The number of rotatable bonds is 7. The molecule has 3 N–H and O–H groups in total. The fourth-order valence-corrected chi connectivity index (χ4v) is 2.25. The standard InChI is InChI=1S/C20H34N4O3/c1-8-26-16-11-9-10-15(12-16)13-22-17(21-7)23-14-20(5,6)24-18(25)27-19(2,3)4/h9-12H,8,13-14H2,1-7H3,(H,24,25)(H2,21,22,23). The zero-order valence-corrected chi connectivity index (χ0v) is 17.6. The van der Waals surface area contributed by atoms with Crippen LogP contribution >= 0.6 is 0 Å². The first kappa shape index (κ1) is 22.6. The number of carbonyl (C=O) groups excluding carboxylic acids is 1. The van der Waals surface area contributed by atoms with Gasteiger partial charge in [-0.2, -0.15) is 0 Å². The molecule has 1 aromatic rings. The Morgan fingerprint density at radius 3 is 2.44 bits per heavy atom. The fourth-order valence-electron chi connectivity index (χ4n) is 2.25. The Kier molecular flexibility index (Phi) is 8.40. The third-order valence-corrected chi connectivity index (χ3v) is 3.43. The van der Waals surface area contributed by atoms with Crippen molar-refractivity contribution in [3.05, 3.63) is 29.8 Å². The summed E-state index contributed by atoms with van der Waals surface area (Å²) in [5.74, 6) is 1.50. The van der Waals surface area contributed by atoms with E-state index in [0.29, 0.717) is 25.7 Å². The molecule has 0 atom stereocenters. The minimum Gasteiger partial charge on any atom is -0.494 e. The molecule has 0 aliphatic rings. The van der Waals surface area contributed by atoms with Gasteiger partial charge in [0.2, 0.25) is 0 Å². The van der Waals surface area contributed by atoms with Gasteiger partial charge in [-0.1, -0.05) is 12.1 Å². The van der Waals surface area contributed by atoms with Gasteiger partial charge in [0, 0.05) is 20.1 Å². The molecule has 0 heterocycles. The van der Waals surface area contributed by atoms with Gasteiger partial charge in [-0.3, -0.25) is 4.99 Å². The number of nitrogens with one attached hydrogen (secondary N) is 3. The van der Waals surface area contributed by atoms with Crippen molar-refractivity contribution in [2.45, 2.75) is 59.2 Å². The number of hydrogen-bond acceptors (Lipinski definition) is 4. The molecule has 1 aromatic carbocycles. The summed E-state index contributed by atoms with van der Waals surface area (Å²) < 4.78 is 10.8. The number of ether oxygens (including phenoxy) is 2. The lowest BCUT2D eigenvalue weighted by Crippen LogP contribution is -2.54. The maximum atomic E-state index is 12.0. The minimum absolute atomic E-state index is 0.440. The summed E-state index contributed by atoms with van der Waals surface area (Å²) in [5.41, 5.74) is 0.0609. The molecule has 0 aromatic heterocycles. The Balaban J connectivity index is 2.51. The van der Waals surface area contributed by atoms with Gasteiger partial charge in [-0.05, 0) is 59.2 Å². The third kappa shape index (κ3) is 9.72. The quantitative estimate of drug-likeness (QED) is 0.502. The van der Waals surface area contributed by atoms with E-state index < -0.39 is 17.2 Å². The molecule has 1 rings (SSSR count). The van der Waals surface area contributed by atoms with Crippen LogP contribution in [0.5, 0.6) is 5.75 Å². The summed E-state index contributed by atoms with van der Waals surface area (Å²) in [6.45, 7) is 13.1. The highest BCUT2D eigenvalue weighted by Gasteiger charge is 2.24. The number of amides is 1. The van der Waals surface area contributed by atoms with E-state index in [1.54, 1.807) is 7.05 Å². The maximum absolute atomic E-state index is 12.0. The largest absolute Gasteiger partial charge is 0.494 e. The normalized spacial score (nSPS) is 12.3. The van der Waals surface area contributed by atoms with Gasteiger partial charge in [-0.25, -0.2) is 4.79 Å². The van der Waals surface area contributed by atoms with Crippen molar-refractivity contribution in [3.8, 4) is 5.75 Å². The summed E-state index contributed by atoms with van der Waals surface area (Å²) in [6.07, 6.45) is -0.440. The van der Waals surface area contributed by atoms with Crippen molar-refractivity contribution in [1.29, 1.82) is 0 Å². The Labute approximate surface area is 162 Å². The number of nitrogens with zero attached hydrogens (tertiary/aromatic N) is 1. The first-order valence-electron chi connectivity index (χ1n) is 9.22. The van der Waals surface area contributed by atoms with Gasteiger partial charge in [0.05, 0.1) is 12.1 Å². The molecule has 0 saturated heterocycles. The number of guanidine groups is 1. The lowest BCUT2D eigenvalue weighted by Gasteiger charge is -2.29. The minimum atomic E-state index is -0.527. The third-order valence-electron chi connectivity index (χ3n) is 3.43. The molecular weight excluding hydrogens is 344 g/mol. The van der Waals surface area contributed by atoms with Crippen LogP contribution in [0, 0.1) is 0 Å². The summed E-state index contributed by atoms with van der Waals surface area (Å²) in [6, 6.07) is 7.92. The van der Waals surface area contributed by atoms with E-state index in [0.717, 1.165) is 11.3 Å². The molecule has 0 aliphatic carbocycles. The van der Waals surface area contributed by atoms with Gasteiger partial charge in [0.15, 0.2) is 5.96 Å². The molecule has 1 amide bonds. The predicted molar refractivity (Wildman–Crippen MR) is 109 cm³/mol. The Morgan fingerprint density at radius 1 is 1.15 bits per heavy atom. The average molecular weight is 379 g/mol. The second kappa shape index (κ2) is 10.0. The molecule has 0 radical (unpaired) electrons. The van der Waals surface area contributed by atoms with Crippen molar-refractivity contribution in [1.82, 2.24) is 16.0 Å². The van der Waals surface area contributed by atoms with E-state index in [1.165, 1.54) is 0 Å². The molecule has 0 fully saturated rings. The van der Waals surface area contributed by atoms with Gasteiger partial charge in [0.25, 0.3) is 0 Å². The summed E-state index contributed by atoms with van der Waals surface area (Å²) in [5, 5.41) is 9.35. The number of hydrogen-bond donors (Lipinski definition) is 3. The van der Waals surface area contributed by atoms with Crippen LogP contribution in [0.1, 0.15) is 47.1 Å². The van der Waals surface area contributed by atoms with Crippen LogP contribution in [-0.2, 0) is 11.3 Å². The SMILES string of the molecule is CCOc1cccc(CNC(=NC)NCC(C)(C)NC(=O)OC(C)(C)C)c1. The zero-order chi connectivity index (χ0) is 20.5. The van der Waals surface area contributed by atoms with E-state index in [9.17, 15) is 4.79 Å². The molecule has 7 nitrogen and oxygen atoms in total. The first-order valence-corrected chi connectivity index (χ1v) is 9.22. The summed E-state index contributed by atoms with van der Waals surface area (Å²) in [7, 11) is 1.71. The Morgan fingerprint density at radius 2 is 1.85 bits per heavy atom.